The molecule has 2 aromatic rings. The number of nitrogens with one attached hydrogen (secondary N) is 1. The van der Waals surface area contributed by atoms with Gasteiger partial charge in [0.1, 0.15) is 0 Å². The minimum absolute atomic E-state index is 0.136. The second-order valence-electron chi connectivity index (χ2n) is 7.73. The summed E-state index contributed by atoms with van der Waals surface area (Å²) in [4.78, 5) is 12.7. The van der Waals surface area contributed by atoms with Crippen LogP contribution in [0.2, 0.25) is 0 Å². The highest BCUT2D eigenvalue weighted by Crippen LogP contribution is 2.42. The average Bonchev–Trinajstić information content (AvgIpc) is 3.47. The molecule has 2 fully saturated rings. The summed E-state index contributed by atoms with van der Waals surface area (Å²) in [7, 11) is 0. The highest BCUT2D eigenvalue weighted by molar-refractivity contribution is 9.10. The van der Waals surface area contributed by atoms with Gasteiger partial charge in [0.15, 0.2) is 5.69 Å². The van der Waals surface area contributed by atoms with Crippen molar-refractivity contribution in [3.05, 3.63) is 40.1 Å². The minimum atomic E-state index is -0.136. The van der Waals surface area contributed by atoms with Crippen LogP contribution in [0.1, 0.15) is 73.5 Å². The summed E-state index contributed by atoms with van der Waals surface area (Å²) in [5, 5.41) is 11.5. The lowest BCUT2D eigenvalue weighted by Gasteiger charge is -2.21. The van der Waals surface area contributed by atoms with Gasteiger partial charge in [0.2, 0.25) is 0 Å². The SMILES string of the molecule is O=C(NCCCOC1CCCCC1)c1nnn(-c2ccc(Br)cc2)c1C1CC1. The van der Waals surface area contributed by atoms with E-state index in [2.05, 4.69) is 31.6 Å². The van der Waals surface area contributed by atoms with E-state index >= 15 is 0 Å². The fraction of sp³-hybridized carbons (Fsp3) is 0.571. The summed E-state index contributed by atoms with van der Waals surface area (Å²) >= 11 is 3.45. The summed E-state index contributed by atoms with van der Waals surface area (Å²) in [6, 6.07) is 7.91. The van der Waals surface area contributed by atoms with Gasteiger partial charge in [-0.3, -0.25) is 4.79 Å². The number of ether oxygens (including phenoxy) is 1. The molecule has 0 bridgehead atoms. The zero-order chi connectivity index (χ0) is 19.3. The normalized spacial score (nSPS) is 17.6. The van der Waals surface area contributed by atoms with Gasteiger partial charge in [0, 0.05) is 23.5 Å². The minimum Gasteiger partial charge on any atom is -0.378 e. The zero-order valence-electron chi connectivity index (χ0n) is 16.1. The number of carbonyl (C=O) groups excluding carboxylic acids is 1. The lowest BCUT2D eigenvalue weighted by Crippen LogP contribution is -2.27. The quantitative estimate of drug-likeness (QED) is 0.610. The van der Waals surface area contributed by atoms with Gasteiger partial charge in [-0.05, 0) is 56.4 Å². The Morgan fingerprint density at radius 2 is 1.89 bits per heavy atom. The van der Waals surface area contributed by atoms with Gasteiger partial charge in [-0.1, -0.05) is 40.4 Å². The van der Waals surface area contributed by atoms with Crippen LogP contribution in [0, 0.1) is 0 Å². The van der Waals surface area contributed by atoms with Crippen molar-refractivity contribution < 1.29 is 9.53 Å². The molecule has 2 saturated carbocycles. The van der Waals surface area contributed by atoms with Crippen LogP contribution in [0.25, 0.3) is 5.69 Å². The first-order valence-electron chi connectivity index (χ1n) is 10.3. The molecule has 7 heteroatoms. The van der Waals surface area contributed by atoms with E-state index in [1.54, 1.807) is 0 Å². The number of benzene rings is 1. The van der Waals surface area contributed by atoms with Crippen LogP contribution in [0.15, 0.2) is 28.7 Å². The summed E-state index contributed by atoms with van der Waals surface area (Å²) in [5.74, 6) is 0.233. The highest BCUT2D eigenvalue weighted by Gasteiger charge is 2.34. The Morgan fingerprint density at radius 3 is 2.61 bits per heavy atom. The number of hydrogen-bond donors (Lipinski definition) is 1. The first kappa shape index (κ1) is 19.6. The van der Waals surface area contributed by atoms with Gasteiger partial charge in [0.05, 0.1) is 17.5 Å². The Balaban J connectivity index is 1.33. The largest absolute Gasteiger partial charge is 0.378 e. The molecule has 0 aliphatic heterocycles. The van der Waals surface area contributed by atoms with E-state index < -0.39 is 0 Å². The number of carbonyl (C=O) groups is 1. The van der Waals surface area contributed by atoms with Crippen LogP contribution < -0.4 is 5.32 Å². The number of hydrogen-bond acceptors (Lipinski definition) is 4. The molecule has 1 N–H and O–H groups in total. The molecular weight excluding hydrogens is 420 g/mol. The highest BCUT2D eigenvalue weighted by atomic mass is 79.9. The standard InChI is InChI=1S/C21H27BrN4O2/c22-16-9-11-17(12-10-16)26-20(15-7-8-15)19(24-25-26)21(27)23-13-4-14-28-18-5-2-1-3-6-18/h9-12,15,18H,1-8,13-14H2,(H,23,27). The van der Waals surface area contributed by atoms with Crippen LogP contribution in [0.5, 0.6) is 0 Å². The summed E-state index contributed by atoms with van der Waals surface area (Å²) < 4.78 is 8.75. The fourth-order valence-electron chi connectivity index (χ4n) is 3.79. The van der Waals surface area contributed by atoms with Crippen LogP contribution >= 0.6 is 15.9 Å². The first-order valence-corrected chi connectivity index (χ1v) is 11.1. The van der Waals surface area contributed by atoms with Crippen molar-refractivity contribution >= 4 is 21.8 Å². The van der Waals surface area contributed by atoms with Gasteiger partial charge in [-0.15, -0.1) is 5.10 Å². The van der Waals surface area contributed by atoms with E-state index in [4.69, 9.17) is 4.74 Å². The smallest absolute Gasteiger partial charge is 0.273 e. The molecule has 4 rings (SSSR count). The van der Waals surface area contributed by atoms with Crippen molar-refractivity contribution in [3.8, 4) is 5.69 Å². The Kier molecular flexibility index (Phi) is 6.42. The van der Waals surface area contributed by atoms with Gasteiger partial charge < -0.3 is 10.1 Å². The maximum atomic E-state index is 12.7. The van der Waals surface area contributed by atoms with Crippen LogP contribution in [-0.4, -0.2) is 40.2 Å². The number of amides is 1. The Labute approximate surface area is 174 Å². The molecule has 0 atom stereocenters. The van der Waals surface area contributed by atoms with Crippen LogP contribution in [0.3, 0.4) is 0 Å². The monoisotopic (exact) mass is 446 g/mol. The van der Waals surface area contributed by atoms with E-state index in [0.29, 0.717) is 30.9 Å². The van der Waals surface area contributed by atoms with Crippen molar-refractivity contribution in [1.29, 1.82) is 0 Å². The summed E-state index contributed by atoms with van der Waals surface area (Å²) in [5.41, 5.74) is 2.31. The Hall–Kier alpha value is -1.73. The molecule has 2 aliphatic carbocycles. The van der Waals surface area contributed by atoms with Crippen molar-refractivity contribution in [3.63, 3.8) is 0 Å². The molecule has 1 aromatic heterocycles. The average molecular weight is 447 g/mol. The molecule has 0 unspecified atom stereocenters. The van der Waals surface area contributed by atoms with Crippen molar-refractivity contribution in [2.75, 3.05) is 13.2 Å². The summed E-state index contributed by atoms with van der Waals surface area (Å²) in [6.45, 7) is 1.30. The van der Waals surface area contributed by atoms with E-state index in [1.165, 1.54) is 32.1 Å². The third kappa shape index (κ3) is 4.81. The number of rotatable bonds is 8. The molecule has 2 aliphatic rings. The van der Waals surface area contributed by atoms with Crippen molar-refractivity contribution in [2.45, 2.75) is 63.4 Å². The predicted molar refractivity (Wildman–Crippen MR) is 111 cm³/mol. The van der Waals surface area contributed by atoms with E-state index in [0.717, 1.165) is 35.1 Å². The van der Waals surface area contributed by atoms with Gasteiger partial charge in [0.25, 0.3) is 5.91 Å². The van der Waals surface area contributed by atoms with Gasteiger partial charge in [-0.25, -0.2) is 4.68 Å². The molecule has 1 heterocycles. The lowest BCUT2D eigenvalue weighted by molar-refractivity contribution is 0.0273. The molecule has 1 amide bonds. The Morgan fingerprint density at radius 1 is 1.14 bits per heavy atom. The molecule has 0 saturated heterocycles. The van der Waals surface area contributed by atoms with Crippen molar-refractivity contribution in [2.24, 2.45) is 0 Å². The number of nitrogens with zero attached hydrogens (tertiary/aromatic N) is 3. The van der Waals surface area contributed by atoms with Crippen LogP contribution in [-0.2, 0) is 4.74 Å². The third-order valence-electron chi connectivity index (χ3n) is 5.47. The first-order chi connectivity index (χ1) is 13.7. The molecule has 1 aromatic carbocycles. The molecule has 0 radical (unpaired) electrons. The fourth-order valence-corrected chi connectivity index (χ4v) is 4.05. The summed E-state index contributed by atoms with van der Waals surface area (Å²) in [6.07, 6.45) is 9.64. The lowest BCUT2D eigenvalue weighted by atomic mass is 9.98. The molecule has 6 nitrogen and oxygen atoms in total. The zero-order valence-corrected chi connectivity index (χ0v) is 17.7. The van der Waals surface area contributed by atoms with Gasteiger partial charge >= 0.3 is 0 Å². The van der Waals surface area contributed by atoms with Crippen LogP contribution in [0.4, 0.5) is 0 Å². The topological polar surface area (TPSA) is 69.0 Å². The van der Waals surface area contributed by atoms with Gasteiger partial charge in [-0.2, -0.15) is 0 Å². The second kappa shape index (κ2) is 9.18. The molecule has 150 valence electrons. The second-order valence-corrected chi connectivity index (χ2v) is 8.64. The maximum absolute atomic E-state index is 12.7. The number of halogens is 1. The maximum Gasteiger partial charge on any atom is 0.273 e. The molecular formula is C21H27BrN4O2. The Bertz CT molecular complexity index is 795. The van der Waals surface area contributed by atoms with E-state index in [9.17, 15) is 4.79 Å². The third-order valence-corrected chi connectivity index (χ3v) is 6.00. The van der Waals surface area contributed by atoms with E-state index in [1.807, 2.05) is 28.9 Å². The molecule has 28 heavy (non-hydrogen) atoms. The predicted octanol–water partition coefficient (Wildman–Crippen LogP) is 4.38. The van der Waals surface area contributed by atoms with E-state index in [-0.39, 0.29) is 5.91 Å². The number of aromatic nitrogens is 3. The van der Waals surface area contributed by atoms with Crippen molar-refractivity contribution in [1.82, 2.24) is 20.3 Å². The molecule has 0 spiro atoms.